The highest BCUT2D eigenvalue weighted by Gasteiger charge is 2.14. The predicted octanol–water partition coefficient (Wildman–Crippen LogP) is 4.07. The minimum absolute atomic E-state index is 0.197. The van der Waals surface area contributed by atoms with E-state index in [0.29, 0.717) is 22.5 Å². The van der Waals surface area contributed by atoms with Crippen LogP contribution in [0.3, 0.4) is 0 Å². The molecule has 0 radical (unpaired) electrons. The first-order valence-corrected chi connectivity index (χ1v) is 9.89. The number of amides is 1. The maximum absolute atomic E-state index is 12.7. The first-order valence-electron chi connectivity index (χ1n) is 8.95. The van der Waals surface area contributed by atoms with Crippen LogP contribution >= 0.6 is 11.3 Å². The number of thiophene rings is 1. The molecule has 0 aliphatic rings. The molecular weight excluding hydrogens is 386 g/mol. The van der Waals surface area contributed by atoms with Crippen molar-refractivity contribution in [2.45, 2.75) is 6.54 Å². The number of nitrogens with one attached hydrogen (secondary N) is 1. The van der Waals surface area contributed by atoms with Gasteiger partial charge in [-0.25, -0.2) is 4.68 Å². The second-order valence-corrected chi connectivity index (χ2v) is 7.21. The smallest absolute Gasteiger partial charge is 0.251 e. The summed E-state index contributed by atoms with van der Waals surface area (Å²) in [7, 11) is 0. The van der Waals surface area contributed by atoms with E-state index in [9.17, 15) is 4.79 Å². The van der Waals surface area contributed by atoms with Crippen molar-refractivity contribution in [1.29, 1.82) is 0 Å². The monoisotopic (exact) mass is 401 g/mol. The summed E-state index contributed by atoms with van der Waals surface area (Å²) in [4.78, 5) is 12.7. The normalized spacial score (nSPS) is 11.0. The lowest BCUT2D eigenvalue weighted by Crippen LogP contribution is -2.22. The lowest BCUT2D eigenvalue weighted by Gasteiger charge is -2.03. The van der Waals surface area contributed by atoms with Crippen molar-refractivity contribution in [1.82, 2.24) is 25.5 Å². The molecule has 3 heterocycles. The summed E-state index contributed by atoms with van der Waals surface area (Å²) in [6, 6.07) is 17.0. The van der Waals surface area contributed by atoms with Gasteiger partial charge in [0.05, 0.1) is 23.8 Å². The SMILES string of the molecule is O=C(NCc1cn(-c2ccsc2)nn1)c1ccc2noc(-c3ccccc3)c2c1. The van der Waals surface area contributed by atoms with Gasteiger partial charge in [-0.05, 0) is 29.6 Å². The zero-order chi connectivity index (χ0) is 19.6. The Morgan fingerprint density at radius 1 is 1.14 bits per heavy atom. The Hall–Kier alpha value is -3.78. The Bertz CT molecular complexity index is 1280. The summed E-state index contributed by atoms with van der Waals surface area (Å²) in [5, 5.41) is 19.9. The molecule has 0 unspecified atom stereocenters. The third-order valence-corrected chi connectivity index (χ3v) is 5.19. The van der Waals surface area contributed by atoms with Gasteiger partial charge in [0.25, 0.3) is 5.91 Å². The zero-order valence-corrected chi connectivity index (χ0v) is 16.0. The minimum Gasteiger partial charge on any atom is -0.355 e. The molecule has 5 aromatic rings. The maximum Gasteiger partial charge on any atom is 0.251 e. The molecule has 142 valence electrons. The standard InChI is InChI=1S/C21H15N5O2S/c27-21(22-11-16-12-26(25-23-16)17-8-9-29-13-17)15-6-7-19-18(10-15)20(28-24-19)14-4-2-1-3-5-14/h1-10,12-13H,11H2,(H,22,27). The van der Waals surface area contributed by atoms with Crippen LogP contribution in [0.15, 0.2) is 76.1 Å². The van der Waals surface area contributed by atoms with Gasteiger partial charge < -0.3 is 9.84 Å². The van der Waals surface area contributed by atoms with Crippen LogP contribution in [-0.2, 0) is 6.54 Å². The van der Waals surface area contributed by atoms with Crippen molar-refractivity contribution in [3.63, 3.8) is 0 Å². The van der Waals surface area contributed by atoms with Gasteiger partial charge in [-0.2, -0.15) is 11.3 Å². The van der Waals surface area contributed by atoms with Gasteiger partial charge in [-0.15, -0.1) is 5.10 Å². The Morgan fingerprint density at radius 2 is 2.03 bits per heavy atom. The minimum atomic E-state index is -0.197. The molecule has 0 aliphatic carbocycles. The van der Waals surface area contributed by atoms with Crippen LogP contribution in [0.5, 0.6) is 0 Å². The van der Waals surface area contributed by atoms with Gasteiger partial charge in [0.2, 0.25) is 0 Å². The Labute approximate surface area is 169 Å². The molecule has 7 nitrogen and oxygen atoms in total. The number of fused-ring (bicyclic) bond motifs is 1. The van der Waals surface area contributed by atoms with E-state index in [-0.39, 0.29) is 12.5 Å². The third-order valence-electron chi connectivity index (χ3n) is 4.52. The Morgan fingerprint density at radius 3 is 2.86 bits per heavy atom. The van der Waals surface area contributed by atoms with Crippen molar-refractivity contribution in [2.24, 2.45) is 0 Å². The quantitative estimate of drug-likeness (QED) is 0.480. The number of benzene rings is 2. The summed E-state index contributed by atoms with van der Waals surface area (Å²) < 4.78 is 7.19. The van der Waals surface area contributed by atoms with Crippen molar-refractivity contribution < 1.29 is 9.32 Å². The molecule has 29 heavy (non-hydrogen) atoms. The molecule has 0 atom stereocenters. The van der Waals surface area contributed by atoms with Crippen molar-refractivity contribution >= 4 is 28.1 Å². The number of hydrogen-bond donors (Lipinski definition) is 1. The van der Waals surface area contributed by atoms with E-state index in [1.165, 1.54) is 0 Å². The molecule has 2 aromatic carbocycles. The van der Waals surface area contributed by atoms with E-state index in [1.807, 2.05) is 47.2 Å². The van der Waals surface area contributed by atoms with Gasteiger partial charge in [0.15, 0.2) is 5.76 Å². The fourth-order valence-corrected chi connectivity index (χ4v) is 3.67. The predicted molar refractivity (Wildman–Crippen MR) is 110 cm³/mol. The number of nitrogens with zero attached hydrogens (tertiary/aromatic N) is 4. The summed E-state index contributed by atoms with van der Waals surface area (Å²) in [5.41, 5.74) is 3.78. The molecule has 5 rings (SSSR count). The van der Waals surface area contributed by atoms with E-state index in [0.717, 1.165) is 16.6 Å². The third kappa shape index (κ3) is 3.41. The summed E-state index contributed by atoms with van der Waals surface area (Å²) in [6.07, 6.45) is 1.80. The van der Waals surface area contributed by atoms with Crippen LogP contribution in [-0.4, -0.2) is 26.1 Å². The average Bonchev–Trinajstić information content (AvgIpc) is 3.52. The topological polar surface area (TPSA) is 85.8 Å². The molecule has 3 aromatic heterocycles. The number of hydrogen-bond acceptors (Lipinski definition) is 6. The Kier molecular flexibility index (Phi) is 4.38. The fourth-order valence-electron chi connectivity index (χ4n) is 3.05. The number of rotatable bonds is 5. The summed E-state index contributed by atoms with van der Waals surface area (Å²) in [6.45, 7) is 0.288. The zero-order valence-electron chi connectivity index (χ0n) is 15.1. The van der Waals surface area contributed by atoms with Crippen LogP contribution in [0.25, 0.3) is 27.9 Å². The van der Waals surface area contributed by atoms with E-state index in [2.05, 4.69) is 20.8 Å². The van der Waals surface area contributed by atoms with E-state index in [1.54, 1.807) is 40.4 Å². The highest BCUT2D eigenvalue weighted by Crippen LogP contribution is 2.29. The first kappa shape index (κ1) is 17.3. The molecule has 8 heteroatoms. The highest BCUT2D eigenvalue weighted by molar-refractivity contribution is 7.08. The molecule has 0 fully saturated rings. The molecule has 1 N–H and O–H groups in total. The van der Waals surface area contributed by atoms with Gasteiger partial charge in [0.1, 0.15) is 11.2 Å². The van der Waals surface area contributed by atoms with Crippen LogP contribution in [0, 0.1) is 0 Å². The number of carbonyl (C=O) groups is 1. The second-order valence-electron chi connectivity index (χ2n) is 6.43. The molecule has 1 amide bonds. The maximum atomic E-state index is 12.7. The van der Waals surface area contributed by atoms with E-state index >= 15 is 0 Å². The molecule has 0 spiro atoms. The van der Waals surface area contributed by atoms with Crippen molar-refractivity contribution in [3.05, 3.63) is 82.8 Å². The first-order chi connectivity index (χ1) is 14.3. The second kappa shape index (κ2) is 7.33. The van der Waals surface area contributed by atoms with E-state index < -0.39 is 0 Å². The fraction of sp³-hybridized carbons (Fsp3) is 0.0476. The molecule has 0 saturated heterocycles. The van der Waals surface area contributed by atoms with Crippen LogP contribution in [0.2, 0.25) is 0 Å². The van der Waals surface area contributed by atoms with Crippen molar-refractivity contribution in [3.8, 4) is 17.0 Å². The lowest BCUT2D eigenvalue weighted by atomic mass is 10.1. The van der Waals surface area contributed by atoms with Crippen LogP contribution in [0.1, 0.15) is 16.1 Å². The highest BCUT2D eigenvalue weighted by atomic mass is 32.1. The van der Waals surface area contributed by atoms with Crippen LogP contribution < -0.4 is 5.32 Å². The number of carbonyl (C=O) groups excluding carboxylic acids is 1. The molecular formula is C21H15N5O2S. The summed E-state index contributed by atoms with van der Waals surface area (Å²) in [5.74, 6) is 0.450. The summed E-state index contributed by atoms with van der Waals surface area (Å²) >= 11 is 1.59. The molecule has 0 bridgehead atoms. The lowest BCUT2D eigenvalue weighted by molar-refractivity contribution is 0.0950. The van der Waals surface area contributed by atoms with E-state index in [4.69, 9.17) is 4.52 Å². The number of aromatic nitrogens is 4. The van der Waals surface area contributed by atoms with Gasteiger partial charge in [-0.1, -0.05) is 40.7 Å². The van der Waals surface area contributed by atoms with Gasteiger partial charge in [0, 0.05) is 16.5 Å². The largest absolute Gasteiger partial charge is 0.355 e. The van der Waals surface area contributed by atoms with Gasteiger partial charge in [-0.3, -0.25) is 4.79 Å². The Balaban J connectivity index is 1.35. The molecule has 0 aliphatic heterocycles. The van der Waals surface area contributed by atoms with Crippen LogP contribution in [0.4, 0.5) is 0 Å². The van der Waals surface area contributed by atoms with Gasteiger partial charge >= 0.3 is 0 Å². The van der Waals surface area contributed by atoms with Crippen molar-refractivity contribution in [2.75, 3.05) is 0 Å². The average molecular weight is 401 g/mol. The molecule has 0 saturated carbocycles.